The van der Waals surface area contributed by atoms with Crippen LogP contribution in [0, 0.1) is 15.9 Å². The monoisotopic (exact) mass is 379 g/mol. The first-order valence-corrected chi connectivity index (χ1v) is 9.44. The summed E-state index contributed by atoms with van der Waals surface area (Å²) in [5.41, 5.74) is 0.324. The van der Waals surface area contributed by atoms with Gasteiger partial charge in [0, 0.05) is 25.7 Å². The van der Waals surface area contributed by atoms with Gasteiger partial charge >= 0.3 is 0 Å². The lowest BCUT2D eigenvalue weighted by molar-refractivity contribution is -0.385. The molecule has 0 amide bonds. The van der Waals surface area contributed by atoms with Crippen LogP contribution in [0.25, 0.3) is 0 Å². The topological polar surface area (TPSA) is 83.8 Å². The quantitative estimate of drug-likeness (QED) is 0.602. The lowest BCUT2D eigenvalue weighted by atomic mass is 10.1. The molecule has 26 heavy (non-hydrogen) atoms. The van der Waals surface area contributed by atoms with E-state index >= 15 is 0 Å². The normalized spacial score (nSPS) is 19.4. The van der Waals surface area contributed by atoms with Crippen LogP contribution in [0.5, 0.6) is 0 Å². The zero-order valence-electron chi connectivity index (χ0n) is 14.1. The fourth-order valence-electron chi connectivity index (χ4n) is 3.08. The lowest BCUT2D eigenvalue weighted by Gasteiger charge is -2.39. The number of hydrogen-bond acceptors (Lipinski definition) is 5. The molecule has 0 radical (unpaired) electrons. The molecule has 138 valence electrons. The van der Waals surface area contributed by atoms with Gasteiger partial charge in [-0.25, -0.2) is 12.8 Å². The van der Waals surface area contributed by atoms with E-state index < -0.39 is 37.4 Å². The Kier molecular flexibility index (Phi) is 5.03. The van der Waals surface area contributed by atoms with Crippen LogP contribution < -0.4 is 0 Å². The van der Waals surface area contributed by atoms with E-state index in [2.05, 4.69) is 0 Å². The van der Waals surface area contributed by atoms with Crippen molar-refractivity contribution in [2.45, 2.75) is 10.9 Å². The predicted octanol–water partition coefficient (Wildman–Crippen LogP) is 2.41. The average Bonchev–Trinajstić information content (AvgIpc) is 2.61. The number of benzene rings is 2. The number of likely N-dealkylation sites (N-methyl/N-ethyl adjacent to an activating group) is 1. The molecule has 1 saturated heterocycles. The van der Waals surface area contributed by atoms with Crippen molar-refractivity contribution in [1.29, 1.82) is 0 Å². The van der Waals surface area contributed by atoms with Gasteiger partial charge in [-0.2, -0.15) is 4.31 Å². The van der Waals surface area contributed by atoms with E-state index in [4.69, 9.17) is 0 Å². The maximum Gasteiger partial charge on any atom is 0.272 e. The van der Waals surface area contributed by atoms with Crippen molar-refractivity contribution in [2.24, 2.45) is 0 Å². The number of nitro groups is 1. The Morgan fingerprint density at radius 3 is 2.46 bits per heavy atom. The van der Waals surface area contributed by atoms with Gasteiger partial charge in [-0.1, -0.05) is 30.3 Å². The van der Waals surface area contributed by atoms with Crippen molar-refractivity contribution >= 4 is 15.7 Å². The van der Waals surface area contributed by atoms with Crippen LogP contribution in [0.3, 0.4) is 0 Å². The number of nitrogens with zero attached hydrogens (tertiary/aromatic N) is 3. The number of non-ortho nitro benzene ring substituents is 1. The fraction of sp³-hybridized carbons (Fsp3) is 0.294. The van der Waals surface area contributed by atoms with Gasteiger partial charge in [0.1, 0.15) is 10.7 Å². The highest BCUT2D eigenvalue weighted by Gasteiger charge is 2.37. The van der Waals surface area contributed by atoms with Gasteiger partial charge in [-0.05, 0) is 18.7 Å². The van der Waals surface area contributed by atoms with Crippen LogP contribution in [0.15, 0.2) is 53.4 Å². The summed E-state index contributed by atoms with van der Waals surface area (Å²) in [5, 5.41) is 10.8. The Labute approximate surface area is 150 Å². The maximum absolute atomic E-state index is 14.3. The minimum absolute atomic E-state index is 0.203. The molecule has 0 aliphatic carbocycles. The van der Waals surface area contributed by atoms with E-state index in [-0.39, 0.29) is 6.54 Å². The van der Waals surface area contributed by atoms with Crippen molar-refractivity contribution in [3.05, 3.63) is 70.0 Å². The van der Waals surface area contributed by atoms with Crippen molar-refractivity contribution in [1.82, 2.24) is 9.21 Å². The smallest absolute Gasteiger partial charge is 0.272 e. The summed E-state index contributed by atoms with van der Waals surface area (Å²) in [4.78, 5) is 11.5. The number of rotatable bonds is 4. The summed E-state index contributed by atoms with van der Waals surface area (Å²) in [7, 11) is -2.25. The molecule has 2 aromatic carbocycles. The Morgan fingerprint density at radius 1 is 1.15 bits per heavy atom. The fourth-order valence-corrected chi connectivity index (χ4v) is 4.72. The Bertz CT molecular complexity index is 921. The van der Waals surface area contributed by atoms with Crippen molar-refractivity contribution in [3.8, 4) is 0 Å². The minimum Gasteiger partial charge on any atom is -0.303 e. The highest BCUT2D eigenvalue weighted by atomic mass is 32.2. The van der Waals surface area contributed by atoms with E-state index in [1.54, 1.807) is 0 Å². The minimum atomic E-state index is -4.15. The molecule has 1 aliphatic heterocycles. The Hall–Kier alpha value is -2.36. The molecule has 7 nitrogen and oxygen atoms in total. The molecule has 1 heterocycles. The van der Waals surface area contributed by atoms with Crippen LogP contribution in [0.2, 0.25) is 0 Å². The van der Waals surface area contributed by atoms with Crippen molar-refractivity contribution in [3.63, 3.8) is 0 Å². The third-order valence-electron chi connectivity index (χ3n) is 4.43. The van der Waals surface area contributed by atoms with Crippen molar-refractivity contribution in [2.75, 3.05) is 26.7 Å². The third-order valence-corrected chi connectivity index (χ3v) is 6.37. The molecule has 1 fully saturated rings. The van der Waals surface area contributed by atoms with Crippen LogP contribution >= 0.6 is 0 Å². The number of halogens is 1. The second-order valence-electron chi connectivity index (χ2n) is 6.18. The zero-order valence-corrected chi connectivity index (χ0v) is 14.9. The van der Waals surface area contributed by atoms with Gasteiger partial charge in [-0.3, -0.25) is 10.1 Å². The molecule has 9 heteroatoms. The Morgan fingerprint density at radius 2 is 1.85 bits per heavy atom. The number of nitro benzene ring substituents is 1. The molecule has 0 spiro atoms. The average molecular weight is 379 g/mol. The second-order valence-corrected chi connectivity index (χ2v) is 8.04. The van der Waals surface area contributed by atoms with E-state index in [9.17, 15) is 22.9 Å². The van der Waals surface area contributed by atoms with Crippen LogP contribution in [0.4, 0.5) is 10.1 Å². The van der Waals surface area contributed by atoms with Gasteiger partial charge in [-0.15, -0.1) is 0 Å². The standard InChI is InChI=1S/C17H18FN3O4S/c1-19-9-10-20(16(12-19)13-5-3-2-4-6-13)26(24,25)17-8-7-14(21(22)23)11-15(17)18/h2-8,11,16H,9-10,12H2,1H3. The lowest BCUT2D eigenvalue weighted by Crippen LogP contribution is -2.49. The molecular weight excluding hydrogens is 361 g/mol. The molecule has 1 atom stereocenters. The van der Waals surface area contributed by atoms with Gasteiger partial charge in [0.2, 0.25) is 10.0 Å². The van der Waals surface area contributed by atoms with Crippen LogP contribution in [0.1, 0.15) is 11.6 Å². The molecule has 0 bridgehead atoms. The number of sulfonamides is 1. The first-order valence-electron chi connectivity index (χ1n) is 8.00. The van der Waals surface area contributed by atoms with E-state index in [1.807, 2.05) is 42.3 Å². The third kappa shape index (κ3) is 3.46. The summed E-state index contributed by atoms with van der Waals surface area (Å²) in [5.74, 6) is -1.12. The maximum atomic E-state index is 14.3. The van der Waals surface area contributed by atoms with Gasteiger partial charge in [0.15, 0.2) is 0 Å². The molecule has 3 rings (SSSR count). The van der Waals surface area contributed by atoms with E-state index in [0.29, 0.717) is 19.2 Å². The first-order chi connectivity index (χ1) is 12.3. The summed E-state index contributed by atoms with van der Waals surface area (Å²) < 4.78 is 41.8. The number of hydrogen-bond donors (Lipinski definition) is 0. The van der Waals surface area contributed by atoms with Gasteiger partial charge < -0.3 is 4.90 Å². The summed E-state index contributed by atoms with van der Waals surface area (Å²) in [6, 6.07) is 11.3. The van der Waals surface area contributed by atoms with Crippen LogP contribution in [-0.2, 0) is 10.0 Å². The second kappa shape index (κ2) is 7.10. The highest BCUT2D eigenvalue weighted by Crippen LogP contribution is 2.32. The van der Waals surface area contributed by atoms with E-state index in [1.165, 1.54) is 4.31 Å². The largest absolute Gasteiger partial charge is 0.303 e. The van der Waals surface area contributed by atoms with Crippen LogP contribution in [-0.4, -0.2) is 49.2 Å². The molecule has 0 N–H and O–H groups in total. The summed E-state index contributed by atoms with van der Waals surface area (Å²) in [6.07, 6.45) is 0. The summed E-state index contributed by atoms with van der Waals surface area (Å²) >= 11 is 0. The van der Waals surface area contributed by atoms with E-state index in [0.717, 1.165) is 17.7 Å². The molecule has 1 aliphatic rings. The number of piperazine rings is 1. The predicted molar refractivity (Wildman–Crippen MR) is 93.6 cm³/mol. The molecule has 1 unspecified atom stereocenters. The molecular formula is C17H18FN3O4S. The zero-order chi connectivity index (χ0) is 18.9. The highest BCUT2D eigenvalue weighted by molar-refractivity contribution is 7.89. The SMILES string of the molecule is CN1CCN(S(=O)(=O)c2ccc([N+](=O)[O-])cc2F)C(c2ccccc2)C1. The molecule has 0 aromatic heterocycles. The summed E-state index contributed by atoms with van der Waals surface area (Å²) in [6.45, 7) is 1.18. The van der Waals surface area contributed by atoms with Gasteiger partial charge in [0.25, 0.3) is 5.69 Å². The van der Waals surface area contributed by atoms with Crippen molar-refractivity contribution < 1.29 is 17.7 Å². The molecule has 2 aromatic rings. The molecule has 0 saturated carbocycles. The Balaban J connectivity index is 2.03. The first kappa shape index (κ1) is 18.4. The van der Waals surface area contributed by atoms with Gasteiger partial charge in [0.05, 0.1) is 17.0 Å².